The van der Waals surface area contributed by atoms with E-state index in [1.165, 1.54) is 0 Å². The molecule has 2 aromatic rings. The van der Waals surface area contributed by atoms with Crippen molar-refractivity contribution in [1.82, 2.24) is 0 Å². The van der Waals surface area contributed by atoms with Crippen LogP contribution in [0.2, 0.25) is 10.0 Å². The molecule has 5 N–H and O–H groups in total. The lowest BCUT2D eigenvalue weighted by atomic mass is 10.1. The zero-order valence-electron chi connectivity index (χ0n) is 9.78. The zero-order chi connectivity index (χ0) is 14.0. The molecule has 0 aliphatic heterocycles. The van der Waals surface area contributed by atoms with Crippen LogP contribution in [0.25, 0.3) is 0 Å². The highest BCUT2D eigenvalue weighted by molar-refractivity contribution is 6.42. The van der Waals surface area contributed by atoms with Crippen molar-refractivity contribution < 1.29 is 4.79 Å². The molecule has 2 aromatic carbocycles. The van der Waals surface area contributed by atoms with Crippen molar-refractivity contribution >= 4 is 46.2 Å². The van der Waals surface area contributed by atoms with E-state index in [1.807, 2.05) is 0 Å². The number of nitrogen functional groups attached to an aromatic ring is 1. The molecule has 0 bridgehead atoms. The normalized spacial score (nSPS) is 10.2. The van der Waals surface area contributed by atoms with Gasteiger partial charge in [0.05, 0.1) is 21.3 Å². The summed E-state index contributed by atoms with van der Waals surface area (Å²) in [5.41, 5.74) is 13.1. The Morgan fingerprint density at radius 1 is 1.05 bits per heavy atom. The maximum Gasteiger partial charge on any atom is 0.250 e. The molecule has 0 radical (unpaired) electrons. The Morgan fingerprint density at radius 2 is 1.79 bits per heavy atom. The molecule has 0 spiro atoms. The first kappa shape index (κ1) is 13.5. The first-order chi connectivity index (χ1) is 8.97. The van der Waals surface area contributed by atoms with Gasteiger partial charge >= 0.3 is 0 Å². The number of hydrogen-bond acceptors (Lipinski definition) is 3. The number of carbonyl (C=O) groups excluding carboxylic acids is 1. The minimum absolute atomic E-state index is 0.347. The summed E-state index contributed by atoms with van der Waals surface area (Å²) in [4.78, 5) is 11.3. The summed E-state index contributed by atoms with van der Waals surface area (Å²) in [5.74, 6) is -0.539. The van der Waals surface area contributed by atoms with Gasteiger partial charge in [-0.05, 0) is 36.4 Å². The monoisotopic (exact) mass is 295 g/mol. The predicted octanol–water partition coefficient (Wildman–Crippen LogP) is 3.42. The van der Waals surface area contributed by atoms with Crippen molar-refractivity contribution in [3.63, 3.8) is 0 Å². The van der Waals surface area contributed by atoms with Crippen molar-refractivity contribution in [2.45, 2.75) is 0 Å². The second-order valence-electron chi connectivity index (χ2n) is 3.92. The van der Waals surface area contributed by atoms with Gasteiger partial charge in [0.1, 0.15) is 0 Å². The minimum Gasteiger partial charge on any atom is -0.399 e. The molecule has 98 valence electrons. The summed E-state index contributed by atoms with van der Waals surface area (Å²) in [7, 11) is 0. The van der Waals surface area contributed by atoms with E-state index in [1.54, 1.807) is 36.4 Å². The van der Waals surface area contributed by atoms with Gasteiger partial charge in [0, 0.05) is 11.4 Å². The number of hydrogen-bond donors (Lipinski definition) is 3. The smallest absolute Gasteiger partial charge is 0.250 e. The summed E-state index contributed by atoms with van der Waals surface area (Å²) in [5, 5.41) is 3.91. The van der Waals surface area contributed by atoms with Gasteiger partial charge in [-0.3, -0.25) is 4.79 Å². The highest BCUT2D eigenvalue weighted by Crippen LogP contribution is 2.28. The molecule has 0 atom stereocenters. The number of amides is 1. The molecule has 19 heavy (non-hydrogen) atoms. The molecule has 0 saturated heterocycles. The van der Waals surface area contributed by atoms with Gasteiger partial charge in [0.25, 0.3) is 5.91 Å². The second kappa shape index (κ2) is 5.38. The lowest BCUT2D eigenvalue weighted by Gasteiger charge is -2.11. The number of nitrogens with one attached hydrogen (secondary N) is 1. The fourth-order valence-electron chi connectivity index (χ4n) is 1.61. The fourth-order valence-corrected chi connectivity index (χ4v) is 1.91. The number of halogens is 2. The van der Waals surface area contributed by atoms with Gasteiger partial charge in [-0.25, -0.2) is 0 Å². The Bertz CT molecular complexity index is 644. The third-order valence-electron chi connectivity index (χ3n) is 2.51. The highest BCUT2D eigenvalue weighted by Gasteiger charge is 2.09. The number of anilines is 3. The molecule has 4 nitrogen and oxygen atoms in total. The summed E-state index contributed by atoms with van der Waals surface area (Å²) in [6.07, 6.45) is 0. The highest BCUT2D eigenvalue weighted by atomic mass is 35.5. The van der Waals surface area contributed by atoms with Crippen molar-refractivity contribution in [3.05, 3.63) is 52.0 Å². The SMILES string of the molecule is NC(=O)c1ccc(N)cc1Nc1ccc(Cl)c(Cl)c1. The van der Waals surface area contributed by atoms with Crippen LogP contribution in [0.4, 0.5) is 17.1 Å². The second-order valence-corrected chi connectivity index (χ2v) is 4.74. The van der Waals surface area contributed by atoms with E-state index in [9.17, 15) is 4.79 Å². The largest absolute Gasteiger partial charge is 0.399 e. The van der Waals surface area contributed by atoms with Gasteiger partial charge in [-0.1, -0.05) is 23.2 Å². The quantitative estimate of drug-likeness (QED) is 0.759. The molecule has 0 aliphatic carbocycles. The fraction of sp³-hybridized carbons (Fsp3) is 0. The van der Waals surface area contributed by atoms with E-state index in [2.05, 4.69) is 5.32 Å². The van der Waals surface area contributed by atoms with E-state index in [4.69, 9.17) is 34.7 Å². The van der Waals surface area contributed by atoms with Crippen molar-refractivity contribution in [2.75, 3.05) is 11.1 Å². The molecule has 0 aromatic heterocycles. The molecule has 0 heterocycles. The van der Waals surface area contributed by atoms with E-state index in [0.29, 0.717) is 32.7 Å². The Hall–Kier alpha value is -1.91. The molecule has 0 fully saturated rings. The van der Waals surface area contributed by atoms with Crippen molar-refractivity contribution in [3.8, 4) is 0 Å². The Labute approximate surface area is 120 Å². The average molecular weight is 296 g/mol. The zero-order valence-corrected chi connectivity index (χ0v) is 11.3. The van der Waals surface area contributed by atoms with Crippen LogP contribution in [0.1, 0.15) is 10.4 Å². The summed E-state index contributed by atoms with van der Waals surface area (Å²) < 4.78 is 0. The lowest BCUT2D eigenvalue weighted by Crippen LogP contribution is -2.13. The van der Waals surface area contributed by atoms with Gasteiger partial charge in [0.15, 0.2) is 0 Å². The maximum atomic E-state index is 11.3. The molecule has 2 rings (SSSR count). The van der Waals surface area contributed by atoms with E-state index < -0.39 is 5.91 Å². The lowest BCUT2D eigenvalue weighted by molar-refractivity contribution is 0.100. The molecule has 1 amide bonds. The molecule has 0 saturated carbocycles. The van der Waals surface area contributed by atoms with Crippen LogP contribution >= 0.6 is 23.2 Å². The summed E-state index contributed by atoms with van der Waals surface area (Å²) in [6.45, 7) is 0. The first-order valence-electron chi connectivity index (χ1n) is 5.39. The Morgan fingerprint density at radius 3 is 2.42 bits per heavy atom. The maximum absolute atomic E-state index is 11.3. The van der Waals surface area contributed by atoms with E-state index in [0.717, 1.165) is 0 Å². The van der Waals surface area contributed by atoms with Crippen molar-refractivity contribution in [2.24, 2.45) is 5.73 Å². The number of benzene rings is 2. The van der Waals surface area contributed by atoms with Crippen LogP contribution in [0, 0.1) is 0 Å². The molecular formula is C13H11Cl2N3O. The standard InChI is InChI=1S/C13H11Cl2N3O/c14-10-4-2-8(6-11(10)15)18-12-5-7(16)1-3-9(12)13(17)19/h1-6,18H,16H2,(H2,17,19). The number of primary amides is 1. The topological polar surface area (TPSA) is 81.1 Å². The first-order valence-corrected chi connectivity index (χ1v) is 6.14. The third-order valence-corrected chi connectivity index (χ3v) is 3.25. The number of rotatable bonds is 3. The Kier molecular flexibility index (Phi) is 3.83. The summed E-state index contributed by atoms with van der Waals surface area (Å²) in [6, 6.07) is 9.85. The predicted molar refractivity (Wildman–Crippen MR) is 79.1 cm³/mol. The van der Waals surface area contributed by atoms with Crippen LogP contribution in [-0.2, 0) is 0 Å². The van der Waals surface area contributed by atoms with Crippen LogP contribution in [0.15, 0.2) is 36.4 Å². The van der Waals surface area contributed by atoms with Crippen LogP contribution < -0.4 is 16.8 Å². The van der Waals surface area contributed by atoms with Crippen molar-refractivity contribution in [1.29, 1.82) is 0 Å². The third kappa shape index (κ3) is 3.10. The summed E-state index contributed by atoms with van der Waals surface area (Å²) >= 11 is 11.8. The van der Waals surface area contributed by atoms with Crippen LogP contribution in [-0.4, -0.2) is 5.91 Å². The Balaban J connectivity index is 2.39. The minimum atomic E-state index is -0.539. The van der Waals surface area contributed by atoms with Gasteiger partial charge in [-0.2, -0.15) is 0 Å². The van der Waals surface area contributed by atoms with E-state index in [-0.39, 0.29) is 0 Å². The number of nitrogens with two attached hydrogens (primary N) is 2. The van der Waals surface area contributed by atoms with Gasteiger partial charge in [0.2, 0.25) is 0 Å². The van der Waals surface area contributed by atoms with Gasteiger partial charge < -0.3 is 16.8 Å². The molecule has 6 heteroatoms. The number of carbonyl (C=O) groups is 1. The molecule has 0 aliphatic rings. The van der Waals surface area contributed by atoms with Crippen LogP contribution in [0.3, 0.4) is 0 Å². The van der Waals surface area contributed by atoms with Gasteiger partial charge in [-0.15, -0.1) is 0 Å². The molecular weight excluding hydrogens is 285 g/mol. The molecule has 0 unspecified atom stereocenters. The van der Waals surface area contributed by atoms with E-state index >= 15 is 0 Å². The average Bonchev–Trinajstić information content (AvgIpc) is 2.33. The van der Waals surface area contributed by atoms with Crippen LogP contribution in [0.5, 0.6) is 0 Å².